The van der Waals surface area contributed by atoms with Gasteiger partial charge in [0.2, 0.25) is 0 Å². The Morgan fingerprint density at radius 1 is 1.40 bits per heavy atom. The minimum Gasteiger partial charge on any atom is -0.397 e. The summed E-state index contributed by atoms with van der Waals surface area (Å²) in [5, 5.41) is 0.927. The van der Waals surface area contributed by atoms with E-state index in [9.17, 15) is 4.79 Å². The number of hydrogen-bond acceptors (Lipinski definition) is 4. The third-order valence-electron chi connectivity index (χ3n) is 3.38. The van der Waals surface area contributed by atoms with Gasteiger partial charge in [-0.1, -0.05) is 6.92 Å². The third-order valence-corrected chi connectivity index (χ3v) is 4.47. The molecule has 0 atom stereocenters. The van der Waals surface area contributed by atoms with E-state index in [1.165, 1.54) is 11.3 Å². The average molecular weight is 291 g/mol. The largest absolute Gasteiger partial charge is 0.397 e. The first-order chi connectivity index (χ1) is 9.49. The predicted molar refractivity (Wildman–Crippen MR) is 85.4 cm³/mol. The first-order valence-corrected chi connectivity index (χ1v) is 7.76. The molecule has 0 bridgehead atoms. The van der Waals surface area contributed by atoms with Gasteiger partial charge in [-0.2, -0.15) is 0 Å². The molecule has 2 rings (SSSR count). The van der Waals surface area contributed by atoms with E-state index in [0.717, 1.165) is 34.4 Å². The highest BCUT2D eigenvalue weighted by molar-refractivity contribution is 7.21. The first kappa shape index (κ1) is 14.8. The predicted octanol–water partition coefficient (Wildman–Crippen LogP) is 3.37. The number of nitrogen functional groups attached to an aromatic ring is 1. The van der Waals surface area contributed by atoms with Gasteiger partial charge >= 0.3 is 0 Å². The van der Waals surface area contributed by atoms with Gasteiger partial charge in [0.15, 0.2) is 0 Å². The van der Waals surface area contributed by atoms with Gasteiger partial charge in [-0.25, -0.2) is 4.98 Å². The number of pyridine rings is 1. The van der Waals surface area contributed by atoms with E-state index in [2.05, 4.69) is 11.9 Å². The van der Waals surface area contributed by atoms with Crippen LogP contribution in [-0.2, 0) is 0 Å². The van der Waals surface area contributed by atoms with Gasteiger partial charge in [0.25, 0.3) is 5.91 Å². The van der Waals surface area contributed by atoms with Crippen molar-refractivity contribution in [2.45, 2.75) is 34.1 Å². The number of hydrogen-bond donors (Lipinski definition) is 1. The fourth-order valence-corrected chi connectivity index (χ4v) is 3.63. The van der Waals surface area contributed by atoms with Gasteiger partial charge < -0.3 is 10.6 Å². The lowest BCUT2D eigenvalue weighted by Gasteiger charge is -2.19. The minimum absolute atomic E-state index is 0.0203. The highest BCUT2D eigenvalue weighted by Gasteiger charge is 2.22. The molecule has 1 amide bonds. The van der Waals surface area contributed by atoms with E-state index in [1.54, 1.807) is 0 Å². The van der Waals surface area contributed by atoms with Crippen LogP contribution in [0.25, 0.3) is 10.2 Å². The summed E-state index contributed by atoms with van der Waals surface area (Å²) >= 11 is 1.40. The zero-order valence-electron chi connectivity index (χ0n) is 12.5. The molecule has 0 radical (unpaired) electrons. The summed E-state index contributed by atoms with van der Waals surface area (Å²) < 4.78 is 0. The Balaban J connectivity index is 2.53. The maximum atomic E-state index is 12.6. The average Bonchev–Trinajstić information content (AvgIpc) is 2.72. The van der Waals surface area contributed by atoms with E-state index in [-0.39, 0.29) is 5.91 Å². The second kappa shape index (κ2) is 5.79. The van der Waals surface area contributed by atoms with E-state index < -0.39 is 0 Å². The van der Waals surface area contributed by atoms with Crippen molar-refractivity contribution in [3.8, 4) is 0 Å². The van der Waals surface area contributed by atoms with Crippen molar-refractivity contribution in [3.05, 3.63) is 22.2 Å². The minimum atomic E-state index is 0.0203. The summed E-state index contributed by atoms with van der Waals surface area (Å²) in [4.78, 5) is 20.4. The molecule has 0 aliphatic carbocycles. The Morgan fingerprint density at radius 3 is 2.70 bits per heavy atom. The third kappa shape index (κ3) is 2.50. The molecule has 4 nitrogen and oxygen atoms in total. The molecule has 2 aromatic rings. The van der Waals surface area contributed by atoms with Gasteiger partial charge in [-0.05, 0) is 38.8 Å². The number of aromatic nitrogens is 1. The Labute approximate surface area is 123 Å². The van der Waals surface area contributed by atoms with Crippen LogP contribution in [-0.4, -0.2) is 28.9 Å². The van der Waals surface area contributed by atoms with Gasteiger partial charge in [-0.15, -0.1) is 11.3 Å². The number of nitrogens with two attached hydrogens (primary N) is 1. The summed E-state index contributed by atoms with van der Waals surface area (Å²) in [6.07, 6.45) is 0.945. The van der Waals surface area contributed by atoms with Crippen molar-refractivity contribution in [2.75, 3.05) is 18.8 Å². The molecule has 0 unspecified atom stereocenters. The maximum absolute atomic E-state index is 12.6. The zero-order valence-corrected chi connectivity index (χ0v) is 13.3. The summed E-state index contributed by atoms with van der Waals surface area (Å²) in [6, 6.07) is 2.00. The molecule has 108 valence electrons. The number of amides is 1. The molecule has 0 saturated heterocycles. The molecule has 0 spiro atoms. The summed E-state index contributed by atoms with van der Waals surface area (Å²) in [6.45, 7) is 9.49. The van der Waals surface area contributed by atoms with Crippen LogP contribution < -0.4 is 5.73 Å². The maximum Gasteiger partial charge on any atom is 0.266 e. The standard InChI is InChI=1S/C15H21N3OS/c1-5-7-18(6-2)15(19)13-12(16)11-9(3)8-10(4)17-14(11)20-13/h8H,5-7,16H2,1-4H3. The van der Waals surface area contributed by atoms with Gasteiger partial charge in [-0.3, -0.25) is 4.79 Å². The summed E-state index contributed by atoms with van der Waals surface area (Å²) in [5.41, 5.74) is 8.82. The first-order valence-electron chi connectivity index (χ1n) is 6.95. The number of nitrogens with zero attached hydrogens (tertiary/aromatic N) is 2. The second-order valence-electron chi connectivity index (χ2n) is 4.99. The molecule has 2 N–H and O–H groups in total. The Bertz CT molecular complexity index is 648. The lowest BCUT2D eigenvalue weighted by Crippen LogP contribution is -2.31. The lowest BCUT2D eigenvalue weighted by molar-refractivity contribution is 0.0770. The lowest BCUT2D eigenvalue weighted by atomic mass is 10.1. The SMILES string of the molecule is CCCN(CC)C(=O)c1sc2nc(C)cc(C)c2c1N. The van der Waals surface area contributed by atoms with Crippen molar-refractivity contribution in [1.29, 1.82) is 0 Å². The molecule has 0 aromatic carbocycles. The fraction of sp³-hybridized carbons (Fsp3) is 0.467. The van der Waals surface area contributed by atoms with Crippen molar-refractivity contribution in [1.82, 2.24) is 9.88 Å². The monoisotopic (exact) mass is 291 g/mol. The van der Waals surface area contributed by atoms with Crippen molar-refractivity contribution >= 4 is 33.1 Å². The Hall–Kier alpha value is -1.62. The highest BCUT2D eigenvalue weighted by atomic mass is 32.1. The smallest absolute Gasteiger partial charge is 0.266 e. The van der Waals surface area contributed by atoms with Crippen LogP contribution in [0.1, 0.15) is 41.2 Å². The molecule has 5 heteroatoms. The highest BCUT2D eigenvalue weighted by Crippen LogP contribution is 2.35. The number of rotatable bonds is 4. The normalized spacial score (nSPS) is 11.0. The van der Waals surface area contributed by atoms with Crippen LogP contribution in [0.3, 0.4) is 0 Å². The fourth-order valence-electron chi connectivity index (χ4n) is 2.44. The van der Waals surface area contributed by atoms with Crippen LogP contribution in [0.15, 0.2) is 6.07 Å². The van der Waals surface area contributed by atoms with Crippen molar-refractivity contribution < 1.29 is 4.79 Å². The van der Waals surface area contributed by atoms with Crippen molar-refractivity contribution in [3.63, 3.8) is 0 Å². The molecule has 0 aliphatic heterocycles. The van der Waals surface area contributed by atoms with Crippen LogP contribution in [0.5, 0.6) is 0 Å². The summed E-state index contributed by atoms with van der Waals surface area (Å²) in [5.74, 6) is 0.0203. The van der Waals surface area contributed by atoms with E-state index in [0.29, 0.717) is 17.1 Å². The number of carbonyl (C=O) groups is 1. The number of anilines is 1. The molecule has 2 heterocycles. The van der Waals surface area contributed by atoms with Gasteiger partial charge in [0.1, 0.15) is 9.71 Å². The summed E-state index contributed by atoms with van der Waals surface area (Å²) in [7, 11) is 0. The molecule has 0 saturated carbocycles. The topological polar surface area (TPSA) is 59.2 Å². The van der Waals surface area contributed by atoms with E-state index >= 15 is 0 Å². The Morgan fingerprint density at radius 2 is 2.10 bits per heavy atom. The molecule has 2 aromatic heterocycles. The van der Waals surface area contributed by atoms with E-state index in [1.807, 2.05) is 31.7 Å². The molecule has 20 heavy (non-hydrogen) atoms. The quantitative estimate of drug-likeness (QED) is 0.939. The van der Waals surface area contributed by atoms with Crippen LogP contribution in [0.4, 0.5) is 5.69 Å². The Kier molecular flexibility index (Phi) is 4.28. The second-order valence-corrected chi connectivity index (χ2v) is 5.99. The zero-order chi connectivity index (χ0) is 14.9. The number of aryl methyl sites for hydroxylation is 2. The number of fused-ring (bicyclic) bond motifs is 1. The van der Waals surface area contributed by atoms with E-state index in [4.69, 9.17) is 5.73 Å². The van der Waals surface area contributed by atoms with Gasteiger partial charge in [0, 0.05) is 24.2 Å². The molecular weight excluding hydrogens is 270 g/mol. The van der Waals surface area contributed by atoms with Gasteiger partial charge in [0.05, 0.1) is 5.69 Å². The van der Waals surface area contributed by atoms with Crippen LogP contribution in [0, 0.1) is 13.8 Å². The molecular formula is C15H21N3OS. The molecule has 0 fully saturated rings. The molecule has 0 aliphatic rings. The number of thiophene rings is 1. The number of carbonyl (C=O) groups excluding carboxylic acids is 1. The van der Waals surface area contributed by atoms with Crippen LogP contribution >= 0.6 is 11.3 Å². The van der Waals surface area contributed by atoms with Crippen molar-refractivity contribution in [2.24, 2.45) is 0 Å². The van der Waals surface area contributed by atoms with Crippen LogP contribution in [0.2, 0.25) is 0 Å².